The number of carboxylic acid groups (broad SMARTS) is 1. The number of ether oxygens (including phenoxy) is 2. The first-order chi connectivity index (χ1) is 13.3. The molecule has 0 spiro atoms. The lowest BCUT2D eigenvalue weighted by molar-refractivity contribution is -0.139. The average molecular weight is 411 g/mol. The fourth-order valence-electron chi connectivity index (χ4n) is 1.94. The Hall–Kier alpha value is -2.52. The molecule has 1 rings (SSSR count). The molecular formula is C19H25NO7S. The second kappa shape index (κ2) is 12.8. The lowest BCUT2D eigenvalue weighted by atomic mass is 10.2. The van der Waals surface area contributed by atoms with Gasteiger partial charge in [-0.25, -0.2) is 14.4 Å². The Bertz CT molecular complexity index is 676. The Labute approximate surface area is 167 Å². The molecule has 9 heteroatoms. The maximum atomic E-state index is 12.0. The standard InChI is InChI=1S/C19H25NO7S/c1-3-26-18(24)16(10-9-13(2)21)28-12-15(17(22)23)20-19(25)27-11-14-7-5-4-6-8-14/h4-8,10,13,15,21H,3,9,11-12H2,1-2H3,(H,20,25)(H,22,23)/b16-10-/t13-,15-/m1/s1. The molecule has 0 aromatic heterocycles. The van der Waals surface area contributed by atoms with Gasteiger partial charge in [-0.2, -0.15) is 0 Å². The van der Waals surface area contributed by atoms with Crippen molar-refractivity contribution in [3.8, 4) is 0 Å². The number of esters is 1. The number of thioether (sulfide) groups is 1. The van der Waals surface area contributed by atoms with Gasteiger partial charge in [0.2, 0.25) is 0 Å². The number of nitrogens with one attached hydrogen (secondary N) is 1. The van der Waals surface area contributed by atoms with Crippen molar-refractivity contribution in [2.75, 3.05) is 12.4 Å². The lowest BCUT2D eigenvalue weighted by Gasteiger charge is -2.15. The van der Waals surface area contributed by atoms with E-state index < -0.39 is 30.2 Å². The molecule has 0 saturated heterocycles. The highest BCUT2D eigenvalue weighted by Crippen LogP contribution is 2.20. The van der Waals surface area contributed by atoms with E-state index in [2.05, 4.69) is 5.32 Å². The van der Waals surface area contributed by atoms with Crippen molar-refractivity contribution < 1.29 is 34.1 Å². The smallest absolute Gasteiger partial charge is 0.408 e. The number of rotatable bonds is 11. The summed E-state index contributed by atoms with van der Waals surface area (Å²) in [5.41, 5.74) is 0.768. The molecular weight excluding hydrogens is 386 g/mol. The predicted octanol–water partition coefficient (Wildman–Crippen LogP) is 2.32. The number of hydrogen-bond acceptors (Lipinski definition) is 7. The number of carboxylic acids is 1. The second-order valence-corrected chi connectivity index (χ2v) is 6.84. The average Bonchev–Trinajstić information content (AvgIpc) is 2.65. The van der Waals surface area contributed by atoms with E-state index in [0.717, 1.165) is 17.3 Å². The van der Waals surface area contributed by atoms with Crippen LogP contribution in [0.2, 0.25) is 0 Å². The van der Waals surface area contributed by atoms with E-state index in [-0.39, 0.29) is 30.3 Å². The summed E-state index contributed by atoms with van der Waals surface area (Å²) in [6.45, 7) is 3.39. The van der Waals surface area contributed by atoms with Gasteiger partial charge >= 0.3 is 18.0 Å². The molecule has 154 valence electrons. The van der Waals surface area contributed by atoms with Crippen LogP contribution < -0.4 is 5.32 Å². The Morgan fingerprint density at radius 3 is 2.46 bits per heavy atom. The van der Waals surface area contributed by atoms with Gasteiger partial charge in [-0.05, 0) is 25.8 Å². The van der Waals surface area contributed by atoms with Crippen molar-refractivity contribution in [1.29, 1.82) is 0 Å². The van der Waals surface area contributed by atoms with Crippen molar-refractivity contribution in [3.63, 3.8) is 0 Å². The topological polar surface area (TPSA) is 122 Å². The van der Waals surface area contributed by atoms with E-state index >= 15 is 0 Å². The summed E-state index contributed by atoms with van der Waals surface area (Å²) in [5.74, 6) is -1.98. The van der Waals surface area contributed by atoms with Gasteiger partial charge < -0.3 is 25.0 Å². The van der Waals surface area contributed by atoms with Crippen molar-refractivity contribution in [2.45, 2.75) is 39.0 Å². The van der Waals surface area contributed by atoms with Crippen molar-refractivity contribution >= 4 is 29.8 Å². The highest BCUT2D eigenvalue weighted by Gasteiger charge is 2.23. The molecule has 0 heterocycles. The minimum absolute atomic E-state index is 0.00845. The number of aliphatic hydroxyl groups excluding tert-OH is 1. The number of amides is 1. The monoisotopic (exact) mass is 411 g/mol. The molecule has 0 bridgehead atoms. The van der Waals surface area contributed by atoms with Crippen LogP contribution in [0, 0.1) is 0 Å². The summed E-state index contributed by atoms with van der Waals surface area (Å²) in [6, 6.07) is 7.70. The Morgan fingerprint density at radius 1 is 1.21 bits per heavy atom. The molecule has 0 saturated carbocycles. The summed E-state index contributed by atoms with van der Waals surface area (Å²) in [5, 5.41) is 21.0. The molecule has 0 fully saturated rings. The fourth-order valence-corrected chi connectivity index (χ4v) is 2.90. The number of carbonyl (C=O) groups excluding carboxylic acids is 2. The molecule has 1 aromatic carbocycles. The minimum Gasteiger partial charge on any atom is -0.480 e. The van der Waals surface area contributed by atoms with Crippen molar-refractivity contribution in [1.82, 2.24) is 5.32 Å². The SMILES string of the molecule is CCOC(=O)/C(=C/C[C@@H](C)O)SC[C@@H](NC(=O)OCc1ccccc1)C(=O)O. The zero-order valence-corrected chi connectivity index (χ0v) is 16.6. The summed E-state index contributed by atoms with van der Waals surface area (Å²) in [4.78, 5) is 35.4. The summed E-state index contributed by atoms with van der Waals surface area (Å²) >= 11 is 0.929. The van der Waals surface area contributed by atoms with Gasteiger partial charge in [-0.3, -0.25) is 0 Å². The van der Waals surface area contributed by atoms with Crippen LogP contribution in [0.5, 0.6) is 0 Å². The van der Waals surface area contributed by atoms with Crippen LogP contribution in [-0.4, -0.2) is 52.8 Å². The second-order valence-electron chi connectivity index (χ2n) is 5.78. The van der Waals surface area contributed by atoms with Crippen LogP contribution in [0.15, 0.2) is 41.3 Å². The first-order valence-electron chi connectivity index (χ1n) is 8.71. The van der Waals surface area contributed by atoms with Crippen LogP contribution in [0.4, 0.5) is 4.79 Å². The maximum Gasteiger partial charge on any atom is 0.408 e. The number of aliphatic hydroxyl groups is 1. The maximum absolute atomic E-state index is 12.0. The number of hydrogen-bond donors (Lipinski definition) is 3. The molecule has 0 radical (unpaired) electrons. The van der Waals surface area contributed by atoms with E-state index in [1.54, 1.807) is 38.1 Å². The van der Waals surface area contributed by atoms with E-state index in [0.29, 0.717) is 0 Å². The van der Waals surface area contributed by atoms with Gasteiger partial charge in [0.15, 0.2) is 0 Å². The van der Waals surface area contributed by atoms with Crippen LogP contribution >= 0.6 is 11.8 Å². The minimum atomic E-state index is -1.27. The largest absolute Gasteiger partial charge is 0.480 e. The van der Waals surface area contributed by atoms with E-state index in [1.807, 2.05) is 6.07 Å². The van der Waals surface area contributed by atoms with Crippen LogP contribution in [-0.2, 0) is 25.7 Å². The third-order valence-corrected chi connectivity index (χ3v) is 4.47. The molecule has 2 atom stereocenters. The normalized spacial score (nSPS) is 13.3. The van der Waals surface area contributed by atoms with E-state index in [4.69, 9.17) is 9.47 Å². The van der Waals surface area contributed by atoms with Gasteiger partial charge in [0.05, 0.1) is 17.6 Å². The molecule has 0 aliphatic heterocycles. The first kappa shape index (κ1) is 23.5. The van der Waals surface area contributed by atoms with Crippen molar-refractivity contribution in [2.24, 2.45) is 0 Å². The summed E-state index contributed by atoms with van der Waals surface area (Å²) in [7, 11) is 0. The predicted molar refractivity (Wildman–Crippen MR) is 105 cm³/mol. The third kappa shape index (κ3) is 9.43. The highest BCUT2D eigenvalue weighted by atomic mass is 32.2. The molecule has 0 unspecified atom stereocenters. The summed E-state index contributed by atoms with van der Waals surface area (Å²) in [6.07, 6.45) is 0.166. The highest BCUT2D eigenvalue weighted by molar-refractivity contribution is 8.04. The quantitative estimate of drug-likeness (QED) is 0.375. The fraction of sp³-hybridized carbons (Fsp3) is 0.421. The molecule has 8 nitrogen and oxygen atoms in total. The van der Waals surface area contributed by atoms with Crippen LogP contribution in [0.1, 0.15) is 25.8 Å². The van der Waals surface area contributed by atoms with Gasteiger partial charge in [-0.15, -0.1) is 11.8 Å². The van der Waals surface area contributed by atoms with Gasteiger partial charge in [0, 0.05) is 5.75 Å². The van der Waals surface area contributed by atoms with Gasteiger partial charge in [-0.1, -0.05) is 36.4 Å². The summed E-state index contributed by atoms with van der Waals surface area (Å²) < 4.78 is 9.95. The van der Waals surface area contributed by atoms with Crippen molar-refractivity contribution in [3.05, 3.63) is 46.9 Å². The zero-order valence-electron chi connectivity index (χ0n) is 15.8. The van der Waals surface area contributed by atoms with Gasteiger partial charge in [0.1, 0.15) is 12.6 Å². The van der Waals surface area contributed by atoms with Crippen LogP contribution in [0.25, 0.3) is 0 Å². The molecule has 3 N–H and O–H groups in total. The molecule has 1 aromatic rings. The van der Waals surface area contributed by atoms with E-state index in [9.17, 15) is 24.6 Å². The third-order valence-electron chi connectivity index (χ3n) is 3.33. The van der Waals surface area contributed by atoms with Gasteiger partial charge in [0.25, 0.3) is 0 Å². The number of alkyl carbamates (subject to hydrolysis) is 1. The lowest BCUT2D eigenvalue weighted by Crippen LogP contribution is -2.42. The Morgan fingerprint density at radius 2 is 1.89 bits per heavy atom. The Balaban J connectivity index is 2.63. The van der Waals surface area contributed by atoms with Crippen LogP contribution in [0.3, 0.4) is 0 Å². The molecule has 0 aliphatic rings. The first-order valence-corrected chi connectivity index (χ1v) is 9.70. The number of aliphatic carboxylic acids is 1. The van der Waals surface area contributed by atoms with E-state index in [1.165, 1.54) is 6.08 Å². The molecule has 0 aliphatic carbocycles. The molecule has 28 heavy (non-hydrogen) atoms. The molecule has 1 amide bonds. The number of carbonyl (C=O) groups is 3. The Kier molecular flexibility index (Phi) is 10.7. The number of benzene rings is 1. The zero-order chi connectivity index (χ0) is 20.9.